The van der Waals surface area contributed by atoms with Gasteiger partial charge in [-0.05, 0) is 18.8 Å². The molecule has 2 heterocycles. The highest BCUT2D eigenvalue weighted by Crippen LogP contribution is 2.27. The number of likely N-dealkylation sites (tertiary alicyclic amines) is 1. The molecule has 0 bridgehead atoms. The molecule has 2 aromatic rings. The van der Waals surface area contributed by atoms with Gasteiger partial charge in [-0.2, -0.15) is 5.10 Å². The normalized spacial score (nSPS) is 16.2. The van der Waals surface area contributed by atoms with Crippen molar-refractivity contribution in [3.63, 3.8) is 0 Å². The summed E-state index contributed by atoms with van der Waals surface area (Å²) in [6.45, 7) is 5.02. The van der Waals surface area contributed by atoms with Gasteiger partial charge in [0.15, 0.2) is 5.82 Å². The van der Waals surface area contributed by atoms with Gasteiger partial charge in [0.2, 0.25) is 11.8 Å². The van der Waals surface area contributed by atoms with Gasteiger partial charge in [0.25, 0.3) is 0 Å². The first-order valence-electron chi connectivity index (χ1n) is 9.74. The van der Waals surface area contributed by atoms with Crippen LogP contribution in [-0.2, 0) is 9.59 Å². The SMILES string of the molecule is CC(C)[C@H](N)C(=O)NCC(=O)N1CCC(c2nc(-c3ccccc3)n[nH]2)CC1. The van der Waals surface area contributed by atoms with E-state index in [4.69, 9.17) is 5.73 Å². The number of aromatic nitrogens is 3. The van der Waals surface area contributed by atoms with Gasteiger partial charge in [-0.3, -0.25) is 14.7 Å². The first-order chi connectivity index (χ1) is 13.5. The van der Waals surface area contributed by atoms with Crippen LogP contribution >= 0.6 is 0 Å². The number of benzene rings is 1. The second-order valence-corrected chi connectivity index (χ2v) is 7.55. The van der Waals surface area contributed by atoms with E-state index in [1.807, 2.05) is 44.2 Å². The number of amides is 2. The molecule has 1 atom stereocenters. The van der Waals surface area contributed by atoms with Gasteiger partial charge in [0.05, 0.1) is 12.6 Å². The minimum atomic E-state index is -0.594. The highest BCUT2D eigenvalue weighted by Gasteiger charge is 2.26. The molecule has 3 rings (SSSR count). The number of carbonyl (C=O) groups excluding carboxylic acids is 2. The van der Waals surface area contributed by atoms with E-state index in [1.54, 1.807) is 4.90 Å². The summed E-state index contributed by atoms with van der Waals surface area (Å²) in [7, 11) is 0. The van der Waals surface area contributed by atoms with Crippen LogP contribution in [0.2, 0.25) is 0 Å². The Morgan fingerprint density at radius 3 is 2.57 bits per heavy atom. The number of hydrogen-bond donors (Lipinski definition) is 3. The fourth-order valence-corrected chi connectivity index (χ4v) is 3.27. The summed E-state index contributed by atoms with van der Waals surface area (Å²) >= 11 is 0. The van der Waals surface area contributed by atoms with Crippen LogP contribution < -0.4 is 11.1 Å². The van der Waals surface area contributed by atoms with Gasteiger partial charge < -0.3 is 16.0 Å². The second-order valence-electron chi connectivity index (χ2n) is 7.55. The summed E-state index contributed by atoms with van der Waals surface area (Å²) in [4.78, 5) is 30.7. The van der Waals surface area contributed by atoms with Gasteiger partial charge >= 0.3 is 0 Å². The van der Waals surface area contributed by atoms with Gasteiger partial charge in [-0.25, -0.2) is 4.98 Å². The number of aromatic amines is 1. The first kappa shape index (κ1) is 20.0. The molecule has 1 fully saturated rings. The first-order valence-corrected chi connectivity index (χ1v) is 9.74. The lowest BCUT2D eigenvalue weighted by Crippen LogP contribution is -2.49. The van der Waals surface area contributed by atoms with E-state index in [0.29, 0.717) is 18.9 Å². The van der Waals surface area contributed by atoms with E-state index >= 15 is 0 Å². The Labute approximate surface area is 164 Å². The standard InChI is InChI=1S/C20H28N6O2/c1-13(2)17(21)20(28)22-12-16(27)26-10-8-15(9-11-26)19-23-18(24-25-19)14-6-4-3-5-7-14/h3-7,13,15,17H,8-12,21H2,1-2H3,(H,22,28)(H,23,24,25)/t17-/m0/s1. The summed E-state index contributed by atoms with van der Waals surface area (Å²) < 4.78 is 0. The number of hydrogen-bond acceptors (Lipinski definition) is 5. The fourth-order valence-electron chi connectivity index (χ4n) is 3.27. The molecule has 1 aromatic carbocycles. The number of carbonyl (C=O) groups is 2. The Balaban J connectivity index is 1.49. The second kappa shape index (κ2) is 8.97. The average Bonchev–Trinajstić information content (AvgIpc) is 3.22. The molecule has 1 aliphatic heterocycles. The maximum absolute atomic E-state index is 12.4. The summed E-state index contributed by atoms with van der Waals surface area (Å²) in [5.74, 6) is 1.48. The van der Waals surface area contributed by atoms with Crippen LogP contribution in [-0.4, -0.2) is 57.6 Å². The third-order valence-corrected chi connectivity index (χ3v) is 5.20. The molecular formula is C20H28N6O2. The number of nitrogens with one attached hydrogen (secondary N) is 2. The summed E-state index contributed by atoms with van der Waals surface area (Å²) in [6.07, 6.45) is 1.63. The average molecular weight is 384 g/mol. The number of H-pyrrole nitrogens is 1. The summed E-state index contributed by atoms with van der Waals surface area (Å²) in [5.41, 5.74) is 6.78. The molecule has 150 valence electrons. The molecule has 1 saturated heterocycles. The molecule has 0 aliphatic carbocycles. The van der Waals surface area contributed by atoms with Gasteiger partial charge in [0, 0.05) is 24.6 Å². The smallest absolute Gasteiger partial charge is 0.241 e. The van der Waals surface area contributed by atoms with Crippen molar-refractivity contribution in [3.8, 4) is 11.4 Å². The molecule has 0 radical (unpaired) electrons. The predicted octanol–water partition coefficient (Wildman–Crippen LogP) is 1.28. The van der Waals surface area contributed by atoms with Crippen molar-refractivity contribution in [2.75, 3.05) is 19.6 Å². The minimum Gasteiger partial charge on any atom is -0.346 e. The molecule has 1 aromatic heterocycles. The molecule has 0 saturated carbocycles. The van der Waals surface area contributed by atoms with E-state index in [2.05, 4.69) is 20.5 Å². The van der Waals surface area contributed by atoms with Crippen LogP contribution in [0.4, 0.5) is 0 Å². The summed E-state index contributed by atoms with van der Waals surface area (Å²) in [6, 6.07) is 9.25. The molecule has 1 aliphatic rings. The lowest BCUT2D eigenvalue weighted by molar-refractivity contribution is -0.134. The molecule has 4 N–H and O–H groups in total. The van der Waals surface area contributed by atoms with Crippen LogP contribution in [0.5, 0.6) is 0 Å². The quantitative estimate of drug-likeness (QED) is 0.693. The predicted molar refractivity (Wildman–Crippen MR) is 106 cm³/mol. The van der Waals surface area contributed by atoms with Crippen LogP contribution in [0.15, 0.2) is 30.3 Å². The third kappa shape index (κ3) is 4.75. The zero-order valence-electron chi connectivity index (χ0n) is 16.4. The Morgan fingerprint density at radius 1 is 1.25 bits per heavy atom. The van der Waals surface area contributed by atoms with E-state index in [0.717, 1.165) is 24.2 Å². The Hall–Kier alpha value is -2.74. The lowest BCUT2D eigenvalue weighted by Gasteiger charge is -2.31. The number of nitrogens with two attached hydrogens (primary N) is 1. The molecule has 2 amide bonds. The van der Waals surface area contributed by atoms with E-state index in [-0.39, 0.29) is 30.2 Å². The van der Waals surface area contributed by atoms with E-state index in [1.165, 1.54) is 0 Å². The molecule has 0 unspecified atom stereocenters. The van der Waals surface area contributed by atoms with Crippen molar-refractivity contribution in [2.45, 2.75) is 38.6 Å². The Bertz CT molecular complexity index is 796. The summed E-state index contributed by atoms with van der Waals surface area (Å²) in [5, 5.41) is 10.0. The van der Waals surface area contributed by atoms with Gasteiger partial charge in [-0.15, -0.1) is 0 Å². The van der Waals surface area contributed by atoms with Crippen molar-refractivity contribution in [2.24, 2.45) is 11.7 Å². The highest BCUT2D eigenvalue weighted by atomic mass is 16.2. The lowest BCUT2D eigenvalue weighted by atomic mass is 9.96. The van der Waals surface area contributed by atoms with Crippen molar-refractivity contribution >= 4 is 11.8 Å². The molecular weight excluding hydrogens is 356 g/mol. The van der Waals surface area contributed by atoms with Crippen molar-refractivity contribution in [1.82, 2.24) is 25.4 Å². The van der Waals surface area contributed by atoms with E-state index < -0.39 is 6.04 Å². The van der Waals surface area contributed by atoms with Gasteiger partial charge in [0.1, 0.15) is 5.82 Å². The van der Waals surface area contributed by atoms with Crippen LogP contribution in [0.3, 0.4) is 0 Å². The van der Waals surface area contributed by atoms with Crippen molar-refractivity contribution < 1.29 is 9.59 Å². The zero-order chi connectivity index (χ0) is 20.1. The van der Waals surface area contributed by atoms with Crippen molar-refractivity contribution in [1.29, 1.82) is 0 Å². The topological polar surface area (TPSA) is 117 Å². The molecule has 28 heavy (non-hydrogen) atoms. The number of nitrogens with zero attached hydrogens (tertiary/aromatic N) is 3. The molecule has 8 heteroatoms. The van der Waals surface area contributed by atoms with Crippen molar-refractivity contribution in [3.05, 3.63) is 36.2 Å². The zero-order valence-corrected chi connectivity index (χ0v) is 16.4. The third-order valence-electron chi connectivity index (χ3n) is 5.20. The van der Waals surface area contributed by atoms with Crippen LogP contribution in [0.25, 0.3) is 11.4 Å². The maximum atomic E-state index is 12.4. The highest BCUT2D eigenvalue weighted by molar-refractivity contribution is 5.87. The van der Waals surface area contributed by atoms with Crippen LogP contribution in [0.1, 0.15) is 38.4 Å². The molecule has 8 nitrogen and oxygen atoms in total. The maximum Gasteiger partial charge on any atom is 0.241 e. The van der Waals surface area contributed by atoms with Gasteiger partial charge in [-0.1, -0.05) is 44.2 Å². The minimum absolute atomic E-state index is 0.00954. The van der Waals surface area contributed by atoms with Crippen LogP contribution in [0, 0.1) is 5.92 Å². The Kier molecular flexibility index (Phi) is 6.41. The Morgan fingerprint density at radius 2 is 1.93 bits per heavy atom. The van der Waals surface area contributed by atoms with E-state index in [9.17, 15) is 9.59 Å². The molecule has 0 spiro atoms. The largest absolute Gasteiger partial charge is 0.346 e. The monoisotopic (exact) mass is 384 g/mol. The number of piperidine rings is 1. The fraction of sp³-hybridized carbons (Fsp3) is 0.500. The number of rotatable bonds is 6.